The average Bonchev–Trinajstić information content (AvgIpc) is 1.85. The molecule has 0 saturated carbocycles. The van der Waals surface area contributed by atoms with Crippen molar-refractivity contribution in [2.24, 2.45) is 16.3 Å². The lowest BCUT2D eigenvalue weighted by Gasteiger charge is -2.29. The van der Waals surface area contributed by atoms with Crippen LogP contribution < -0.4 is 0 Å². The van der Waals surface area contributed by atoms with Gasteiger partial charge in [-0.1, -0.05) is 27.7 Å². The van der Waals surface area contributed by atoms with Crippen molar-refractivity contribution in [2.75, 3.05) is 0 Å². The van der Waals surface area contributed by atoms with Gasteiger partial charge in [-0.3, -0.25) is 4.99 Å². The molecule has 0 fully saturated rings. The molecule has 0 bridgehead atoms. The van der Waals surface area contributed by atoms with Crippen LogP contribution in [0.1, 0.15) is 48.5 Å². The molecule has 72 valence electrons. The van der Waals surface area contributed by atoms with Gasteiger partial charge in [0, 0.05) is 17.2 Å². The Morgan fingerprint density at radius 2 is 1.50 bits per heavy atom. The third-order valence-corrected chi connectivity index (χ3v) is 2.83. The molecule has 1 heteroatoms. The van der Waals surface area contributed by atoms with Crippen LogP contribution in [0.4, 0.5) is 0 Å². The molecular weight excluding hydrogens is 146 g/mol. The molecule has 0 aliphatic heterocycles. The van der Waals surface area contributed by atoms with Crippen LogP contribution in [0, 0.1) is 11.3 Å². The van der Waals surface area contributed by atoms with Crippen LogP contribution in [0.2, 0.25) is 0 Å². The lowest BCUT2D eigenvalue weighted by atomic mass is 9.77. The molecule has 0 saturated heterocycles. The molecule has 0 aromatic heterocycles. The second-order valence-electron chi connectivity index (χ2n) is 4.68. The number of aliphatic imine (C=N–C) groups is 1. The first kappa shape index (κ1) is 11.7. The molecule has 0 rings (SSSR count). The summed E-state index contributed by atoms with van der Waals surface area (Å²) < 4.78 is 0. The fourth-order valence-corrected chi connectivity index (χ4v) is 0.971. The van der Waals surface area contributed by atoms with Gasteiger partial charge >= 0.3 is 0 Å². The van der Waals surface area contributed by atoms with E-state index >= 15 is 0 Å². The van der Waals surface area contributed by atoms with Gasteiger partial charge in [0.05, 0.1) is 0 Å². The Morgan fingerprint density at radius 3 is 1.75 bits per heavy atom. The molecular formula is C11H23N. The summed E-state index contributed by atoms with van der Waals surface area (Å²) in [4.78, 5) is 4.59. The Bertz CT molecular complexity index is 164. The van der Waals surface area contributed by atoms with E-state index in [4.69, 9.17) is 0 Å². The van der Waals surface area contributed by atoms with E-state index in [2.05, 4.69) is 53.5 Å². The lowest BCUT2D eigenvalue weighted by Crippen LogP contribution is -2.28. The second kappa shape index (κ2) is 4.06. The number of nitrogens with zero attached hydrogens (tertiary/aromatic N) is 1. The highest BCUT2D eigenvalue weighted by Gasteiger charge is 2.25. The van der Waals surface area contributed by atoms with E-state index < -0.39 is 0 Å². The summed E-state index contributed by atoms with van der Waals surface area (Å²) in [5, 5.41) is 0. The van der Waals surface area contributed by atoms with Gasteiger partial charge in [-0.05, 0) is 26.7 Å². The molecule has 0 unspecified atom stereocenters. The minimum Gasteiger partial charge on any atom is -0.291 e. The molecule has 0 radical (unpaired) electrons. The van der Waals surface area contributed by atoms with Gasteiger partial charge in [0.2, 0.25) is 0 Å². The quantitative estimate of drug-likeness (QED) is 0.573. The van der Waals surface area contributed by atoms with Crippen LogP contribution >= 0.6 is 0 Å². The third-order valence-electron chi connectivity index (χ3n) is 2.83. The van der Waals surface area contributed by atoms with Gasteiger partial charge in [-0.25, -0.2) is 0 Å². The summed E-state index contributed by atoms with van der Waals surface area (Å²) in [7, 11) is 0. The van der Waals surface area contributed by atoms with Crippen molar-refractivity contribution in [1.82, 2.24) is 0 Å². The summed E-state index contributed by atoms with van der Waals surface area (Å²) in [6, 6.07) is 0.419. The minimum absolute atomic E-state index is 0.240. The molecule has 1 nitrogen and oxygen atoms in total. The third kappa shape index (κ3) is 2.96. The summed E-state index contributed by atoms with van der Waals surface area (Å²) in [5.41, 5.74) is 1.51. The number of hydrogen-bond donors (Lipinski definition) is 0. The topological polar surface area (TPSA) is 12.4 Å². The average molecular weight is 169 g/mol. The molecule has 0 amide bonds. The van der Waals surface area contributed by atoms with E-state index in [9.17, 15) is 0 Å². The van der Waals surface area contributed by atoms with Crippen LogP contribution in [0.15, 0.2) is 4.99 Å². The molecule has 0 aromatic carbocycles. The number of rotatable bonds is 3. The van der Waals surface area contributed by atoms with Crippen LogP contribution in [-0.2, 0) is 0 Å². The fraction of sp³-hybridized carbons (Fsp3) is 0.909. The van der Waals surface area contributed by atoms with Gasteiger partial charge in [0.25, 0.3) is 0 Å². The van der Waals surface area contributed by atoms with E-state index in [0.717, 1.165) is 0 Å². The first-order valence-corrected chi connectivity index (χ1v) is 4.83. The summed E-state index contributed by atoms with van der Waals surface area (Å²) in [5.74, 6) is 0.653. The molecule has 0 aliphatic rings. The first-order valence-electron chi connectivity index (χ1n) is 4.83. The Labute approximate surface area is 77.3 Å². The number of hydrogen-bond acceptors (Lipinski definition) is 1. The molecule has 0 heterocycles. The van der Waals surface area contributed by atoms with Gasteiger partial charge in [0.15, 0.2) is 0 Å². The van der Waals surface area contributed by atoms with E-state index in [1.807, 2.05) is 0 Å². The van der Waals surface area contributed by atoms with Gasteiger partial charge in [-0.15, -0.1) is 0 Å². The van der Waals surface area contributed by atoms with Crippen molar-refractivity contribution in [3.8, 4) is 0 Å². The van der Waals surface area contributed by atoms with Crippen LogP contribution in [-0.4, -0.2) is 11.8 Å². The summed E-state index contributed by atoms with van der Waals surface area (Å²) in [6.07, 6.45) is 0. The predicted octanol–water partition coefficient (Wildman–Crippen LogP) is 3.54. The minimum atomic E-state index is 0.240. The Balaban J connectivity index is 4.56. The van der Waals surface area contributed by atoms with Crippen molar-refractivity contribution in [3.63, 3.8) is 0 Å². The highest BCUT2D eigenvalue weighted by atomic mass is 14.8. The van der Waals surface area contributed by atoms with E-state index in [-0.39, 0.29) is 5.41 Å². The molecule has 0 aliphatic carbocycles. The molecule has 12 heavy (non-hydrogen) atoms. The summed E-state index contributed by atoms with van der Waals surface area (Å²) in [6.45, 7) is 15.4. The van der Waals surface area contributed by atoms with Crippen molar-refractivity contribution in [3.05, 3.63) is 0 Å². The van der Waals surface area contributed by atoms with Crippen LogP contribution in [0.25, 0.3) is 0 Å². The second-order valence-corrected chi connectivity index (χ2v) is 4.68. The monoisotopic (exact) mass is 169 g/mol. The molecule has 0 spiro atoms. The van der Waals surface area contributed by atoms with Gasteiger partial charge < -0.3 is 0 Å². The highest BCUT2D eigenvalue weighted by Crippen LogP contribution is 2.28. The maximum absolute atomic E-state index is 4.59. The smallest absolute Gasteiger partial charge is 0.0442 e. The first-order chi connectivity index (χ1) is 5.28. The van der Waals surface area contributed by atoms with E-state index in [1.54, 1.807) is 0 Å². The van der Waals surface area contributed by atoms with Crippen molar-refractivity contribution < 1.29 is 0 Å². The van der Waals surface area contributed by atoms with Crippen LogP contribution in [0.3, 0.4) is 0 Å². The van der Waals surface area contributed by atoms with Crippen molar-refractivity contribution in [1.29, 1.82) is 0 Å². The maximum atomic E-state index is 4.59. The van der Waals surface area contributed by atoms with Crippen molar-refractivity contribution >= 4 is 5.71 Å². The normalized spacial score (nSPS) is 14.6. The zero-order valence-electron chi connectivity index (χ0n) is 9.60. The fourth-order valence-electron chi connectivity index (χ4n) is 0.971. The van der Waals surface area contributed by atoms with Crippen molar-refractivity contribution in [2.45, 2.75) is 54.5 Å². The standard InChI is InChI=1S/C11H23N/c1-8(2)11(6,7)10(5)12-9(3)4/h8-9H,1-7H3. The summed E-state index contributed by atoms with van der Waals surface area (Å²) >= 11 is 0. The van der Waals surface area contributed by atoms with Gasteiger partial charge in [-0.2, -0.15) is 0 Å². The molecule has 0 aromatic rings. The lowest BCUT2D eigenvalue weighted by molar-refractivity contribution is 0.361. The molecule has 0 N–H and O–H groups in total. The Kier molecular flexibility index (Phi) is 3.95. The van der Waals surface area contributed by atoms with Crippen LogP contribution in [0.5, 0.6) is 0 Å². The largest absolute Gasteiger partial charge is 0.291 e. The maximum Gasteiger partial charge on any atom is 0.0442 e. The molecule has 0 atom stereocenters. The van der Waals surface area contributed by atoms with E-state index in [0.29, 0.717) is 12.0 Å². The highest BCUT2D eigenvalue weighted by molar-refractivity contribution is 5.87. The predicted molar refractivity (Wildman–Crippen MR) is 56.9 cm³/mol. The zero-order chi connectivity index (χ0) is 9.94. The van der Waals surface area contributed by atoms with E-state index in [1.165, 1.54) is 5.71 Å². The van der Waals surface area contributed by atoms with Gasteiger partial charge in [0.1, 0.15) is 0 Å². The SMILES string of the molecule is CC(=NC(C)C)C(C)(C)C(C)C. The zero-order valence-corrected chi connectivity index (χ0v) is 9.60. The Hall–Kier alpha value is -0.330. The Morgan fingerprint density at radius 1 is 1.08 bits per heavy atom.